The van der Waals surface area contributed by atoms with Crippen LogP contribution >= 0.6 is 11.6 Å². The van der Waals surface area contributed by atoms with Crippen LogP contribution in [0.3, 0.4) is 0 Å². The standard InChI is InChI=1S/C13H11ClN2O2/c14-10-4-2-1-3-9(10)8-5-6-12(11(15)7-8)16-13(17)18/h1-7,16H,15H2,(H,17,18). The molecule has 0 spiro atoms. The monoisotopic (exact) mass is 262 g/mol. The molecule has 0 saturated heterocycles. The molecular formula is C13H11ClN2O2. The first-order valence-corrected chi connectivity index (χ1v) is 5.60. The molecule has 0 atom stereocenters. The number of rotatable bonds is 2. The predicted octanol–water partition coefficient (Wildman–Crippen LogP) is 3.68. The molecule has 4 N–H and O–H groups in total. The van der Waals surface area contributed by atoms with Crippen molar-refractivity contribution in [2.24, 2.45) is 0 Å². The van der Waals surface area contributed by atoms with E-state index in [2.05, 4.69) is 5.32 Å². The molecule has 0 fully saturated rings. The third-order valence-electron chi connectivity index (χ3n) is 2.48. The van der Waals surface area contributed by atoms with Crippen molar-refractivity contribution in [2.45, 2.75) is 0 Å². The first-order chi connectivity index (χ1) is 8.58. The maximum atomic E-state index is 10.5. The minimum absolute atomic E-state index is 0.356. The van der Waals surface area contributed by atoms with E-state index in [0.29, 0.717) is 16.4 Å². The van der Waals surface area contributed by atoms with Gasteiger partial charge in [0.1, 0.15) is 0 Å². The smallest absolute Gasteiger partial charge is 0.409 e. The van der Waals surface area contributed by atoms with E-state index in [-0.39, 0.29) is 0 Å². The van der Waals surface area contributed by atoms with E-state index in [9.17, 15) is 4.79 Å². The Kier molecular flexibility index (Phi) is 3.39. The van der Waals surface area contributed by atoms with Crippen LogP contribution in [0.25, 0.3) is 11.1 Å². The van der Waals surface area contributed by atoms with Crippen molar-refractivity contribution in [3.8, 4) is 11.1 Å². The summed E-state index contributed by atoms with van der Waals surface area (Å²) in [5.41, 5.74) is 8.20. The zero-order chi connectivity index (χ0) is 13.1. The minimum Gasteiger partial charge on any atom is -0.465 e. The molecule has 0 aliphatic carbocycles. The lowest BCUT2D eigenvalue weighted by molar-refractivity contribution is 0.210. The number of hydrogen-bond acceptors (Lipinski definition) is 2. The number of amides is 1. The number of carbonyl (C=O) groups is 1. The van der Waals surface area contributed by atoms with Gasteiger partial charge in [0.15, 0.2) is 0 Å². The molecule has 1 amide bonds. The van der Waals surface area contributed by atoms with Crippen molar-refractivity contribution in [2.75, 3.05) is 11.1 Å². The molecule has 0 aliphatic rings. The largest absolute Gasteiger partial charge is 0.465 e. The zero-order valence-electron chi connectivity index (χ0n) is 9.35. The number of halogens is 1. The van der Waals surface area contributed by atoms with E-state index in [0.717, 1.165) is 11.1 Å². The van der Waals surface area contributed by atoms with E-state index < -0.39 is 6.09 Å². The Bertz CT molecular complexity index is 599. The van der Waals surface area contributed by atoms with Gasteiger partial charge in [-0.05, 0) is 23.8 Å². The summed E-state index contributed by atoms with van der Waals surface area (Å²) in [4.78, 5) is 10.5. The molecular weight excluding hydrogens is 252 g/mol. The lowest BCUT2D eigenvalue weighted by Crippen LogP contribution is -2.09. The number of benzene rings is 2. The van der Waals surface area contributed by atoms with Gasteiger partial charge in [-0.25, -0.2) is 4.79 Å². The third-order valence-corrected chi connectivity index (χ3v) is 2.81. The van der Waals surface area contributed by atoms with Crippen LogP contribution in [0.5, 0.6) is 0 Å². The average Bonchev–Trinajstić information content (AvgIpc) is 2.32. The van der Waals surface area contributed by atoms with E-state index in [1.54, 1.807) is 24.3 Å². The van der Waals surface area contributed by atoms with Crippen LogP contribution in [0.2, 0.25) is 5.02 Å². The van der Waals surface area contributed by atoms with Crippen LogP contribution in [-0.2, 0) is 0 Å². The SMILES string of the molecule is Nc1cc(-c2ccccc2Cl)ccc1NC(=O)O. The molecule has 2 aromatic rings. The third kappa shape index (κ3) is 2.55. The highest BCUT2D eigenvalue weighted by atomic mass is 35.5. The topological polar surface area (TPSA) is 75.3 Å². The zero-order valence-corrected chi connectivity index (χ0v) is 10.1. The lowest BCUT2D eigenvalue weighted by Gasteiger charge is -2.09. The number of hydrogen-bond donors (Lipinski definition) is 3. The van der Waals surface area contributed by atoms with Crippen LogP contribution in [0.15, 0.2) is 42.5 Å². The van der Waals surface area contributed by atoms with E-state index in [1.807, 2.05) is 18.2 Å². The van der Waals surface area contributed by atoms with Gasteiger partial charge in [-0.2, -0.15) is 0 Å². The molecule has 0 aliphatic heterocycles. The summed E-state index contributed by atoms with van der Waals surface area (Å²) >= 11 is 6.08. The second-order valence-corrected chi connectivity index (χ2v) is 4.12. The molecule has 0 saturated carbocycles. The Morgan fingerprint density at radius 2 is 1.94 bits per heavy atom. The number of anilines is 2. The Balaban J connectivity index is 2.40. The highest BCUT2D eigenvalue weighted by Gasteiger charge is 2.07. The molecule has 4 nitrogen and oxygen atoms in total. The van der Waals surface area contributed by atoms with Crippen LogP contribution in [0.1, 0.15) is 0 Å². The maximum absolute atomic E-state index is 10.5. The molecule has 0 heterocycles. The Morgan fingerprint density at radius 3 is 2.56 bits per heavy atom. The van der Waals surface area contributed by atoms with Crippen LogP contribution < -0.4 is 11.1 Å². The van der Waals surface area contributed by atoms with Gasteiger partial charge < -0.3 is 10.8 Å². The van der Waals surface area contributed by atoms with Crippen molar-refractivity contribution >= 4 is 29.1 Å². The predicted molar refractivity (Wildman–Crippen MR) is 72.9 cm³/mol. The molecule has 0 radical (unpaired) electrons. The van der Waals surface area contributed by atoms with Crippen molar-refractivity contribution in [1.82, 2.24) is 0 Å². The van der Waals surface area contributed by atoms with Gasteiger partial charge in [-0.1, -0.05) is 35.9 Å². The lowest BCUT2D eigenvalue weighted by atomic mass is 10.0. The fraction of sp³-hybridized carbons (Fsp3) is 0. The molecule has 2 aromatic carbocycles. The van der Waals surface area contributed by atoms with Gasteiger partial charge in [0.25, 0.3) is 0 Å². The molecule has 0 aromatic heterocycles. The quantitative estimate of drug-likeness (QED) is 0.723. The fourth-order valence-electron chi connectivity index (χ4n) is 1.65. The van der Waals surface area contributed by atoms with Crippen LogP contribution in [-0.4, -0.2) is 11.2 Å². The second kappa shape index (κ2) is 4.98. The van der Waals surface area contributed by atoms with E-state index in [4.69, 9.17) is 22.4 Å². The van der Waals surface area contributed by atoms with Crippen LogP contribution in [0.4, 0.5) is 16.2 Å². The Hall–Kier alpha value is -2.20. The molecule has 18 heavy (non-hydrogen) atoms. The molecule has 0 unspecified atom stereocenters. The summed E-state index contributed by atoms with van der Waals surface area (Å²) < 4.78 is 0. The fourth-order valence-corrected chi connectivity index (χ4v) is 1.90. The first kappa shape index (κ1) is 12.3. The Labute approximate surface area is 109 Å². The number of nitrogen functional groups attached to an aromatic ring is 1. The van der Waals surface area contributed by atoms with E-state index >= 15 is 0 Å². The summed E-state index contributed by atoms with van der Waals surface area (Å²) in [6, 6.07) is 12.5. The number of nitrogens with two attached hydrogens (primary N) is 1. The molecule has 2 rings (SSSR count). The maximum Gasteiger partial charge on any atom is 0.409 e. The van der Waals surface area contributed by atoms with Crippen LogP contribution in [0, 0.1) is 0 Å². The van der Waals surface area contributed by atoms with Gasteiger partial charge in [-0.3, -0.25) is 5.32 Å². The van der Waals surface area contributed by atoms with Crippen molar-refractivity contribution in [1.29, 1.82) is 0 Å². The molecule has 92 valence electrons. The summed E-state index contributed by atoms with van der Waals surface area (Å²) in [5.74, 6) is 0. The summed E-state index contributed by atoms with van der Waals surface area (Å²) in [6.45, 7) is 0. The van der Waals surface area contributed by atoms with E-state index in [1.165, 1.54) is 0 Å². The van der Waals surface area contributed by atoms with Crippen molar-refractivity contribution in [3.63, 3.8) is 0 Å². The number of nitrogens with one attached hydrogen (secondary N) is 1. The highest BCUT2D eigenvalue weighted by molar-refractivity contribution is 6.33. The van der Waals surface area contributed by atoms with Crippen molar-refractivity contribution in [3.05, 3.63) is 47.5 Å². The number of carboxylic acid groups (broad SMARTS) is 1. The first-order valence-electron chi connectivity index (χ1n) is 5.22. The average molecular weight is 263 g/mol. The summed E-state index contributed by atoms with van der Waals surface area (Å²) in [6.07, 6.45) is -1.15. The highest BCUT2D eigenvalue weighted by Crippen LogP contribution is 2.31. The van der Waals surface area contributed by atoms with Gasteiger partial charge in [-0.15, -0.1) is 0 Å². The summed E-state index contributed by atoms with van der Waals surface area (Å²) in [7, 11) is 0. The summed E-state index contributed by atoms with van der Waals surface area (Å²) in [5, 5.41) is 11.5. The normalized spacial score (nSPS) is 10.1. The molecule has 0 bridgehead atoms. The van der Waals surface area contributed by atoms with Gasteiger partial charge in [0, 0.05) is 10.6 Å². The van der Waals surface area contributed by atoms with Gasteiger partial charge in [0.05, 0.1) is 11.4 Å². The van der Waals surface area contributed by atoms with Gasteiger partial charge >= 0.3 is 6.09 Å². The van der Waals surface area contributed by atoms with Gasteiger partial charge in [0.2, 0.25) is 0 Å². The second-order valence-electron chi connectivity index (χ2n) is 3.71. The Morgan fingerprint density at radius 1 is 1.22 bits per heavy atom. The van der Waals surface area contributed by atoms with Crippen molar-refractivity contribution < 1.29 is 9.90 Å². The molecule has 5 heteroatoms. The minimum atomic E-state index is -1.15.